The Labute approximate surface area is 121 Å². The Morgan fingerprint density at radius 3 is 2.76 bits per heavy atom. The first-order valence-corrected chi connectivity index (χ1v) is 6.97. The van der Waals surface area contributed by atoms with Gasteiger partial charge in [-0.15, -0.1) is 0 Å². The lowest BCUT2D eigenvalue weighted by atomic mass is 10.0. The molecule has 1 atom stereocenters. The number of anilines is 1. The molecule has 1 aliphatic rings. The Balaban J connectivity index is 2.18. The molecule has 2 aromatic heterocycles. The molecule has 1 fully saturated rings. The molecule has 2 amide bonds. The van der Waals surface area contributed by atoms with Crippen molar-refractivity contribution in [3.63, 3.8) is 0 Å². The highest BCUT2D eigenvalue weighted by Crippen LogP contribution is 2.31. The van der Waals surface area contributed by atoms with Crippen molar-refractivity contribution in [2.45, 2.75) is 39.3 Å². The zero-order valence-electron chi connectivity index (χ0n) is 12.3. The first kappa shape index (κ1) is 13.6. The van der Waals surface area contributed by atoms with E-state index in [2.05, 4.69) is 10.1 Å². The van der Waals surface area contributed by atoms with Crippen LogP contribution >= 0.6 is 0 Å². The van der Waals surface area contributed by atoms with Gasteiger partial charge >= 0.3 is 0 Å². The predicted octanol–water partition coefficient (Wildman–Crippen LogP) is 0.463. The van der Waals surface area contributed by atoms with Crippen LogP contribution < -0.4 is 5.73 Å². The fourth-order valence-corrected chi connectivity index (χ4v) is 2.87. The van der Waals surface area contributed by atoms with Crippen molar-refractivity contribution in [2.24, 2.45) is 0 Å². The molecule has 0 saturated carbocycles. The van der Waals surface area contributed by atoms with E-state index in [1.54, 1.807) is 9.25 Å². The number of carbonyl (C=O) groups is 2. The smallest absolute Gasteiger partial charge is 0.252 e. The number of piperidine rings is 1. The van der Waals surface area contributed by atoms with E-state index >= 15 is 0 Å². The largest absolute Gasteiger partial charge is 0.369 e. The van der Waals surface area contributed by atoms with Gasteiger partial charge < -0.3 is 5.73 Å². The minimum Gasteiger partial charge on any atom is -0.369 e. The van der Waals surface area contributed by atoms with E-state index in [-0.39, 0.29) is 17.8 Å². The SMILES string of the molecule is CCn1nc(C)c2nc(N)n(C3CCC(=O)N(C)C3=O)c21. The molecule has 8 nitrogen and oxygen atoms in total. The van der Waals surface area contributed by atoms with Crippen LogP contribution in [0.2, 0.25) is 0 Å². The zero-order chi connectivity index (χ0) is 15.3. The normalized spacial score (nSPS) is 19.8. The van der Waals surface area contributed by atoms with E-state index in [9.17, 15) is 9.59 Å². The number of likely N-dealkylation sites (N-methyl/N-ethyl adjacent to an activating group) is 1. The lowest BCUT2D eigenvalue weighted by molar-refractivity contribution is -0.149. The molecular formula is C13H18N6O2. The predicted molar refractivity (Wildman–Crippen MR) is 76.4 cm³/mol. The highest BCUT2D eigenvalue weighted by atomic mass is 16.2. The summed E-state index contributed by atoms with van der Waals surface area (Å²) in [6.07, 6.45) is 0.761. The molecule has 0 aliphatic carbocycles. The van der Waals surface area contributed by atoms with Gasteiger partial charge in [-0.25, -0.2) is 9.67 Å². The number of amides is 2. The number of hydrogen-bond donors (Lipinski definition) is 1. The molecular weight excluding hydrogens is 272 g/mol. The van der Waals surface area contributed by atoms with Crippen molar-refractivity contribution in [2.75, 3.05) is 12.8 Å². The number of nitrogens with zero attached hydrogens (tertiary/aromatic N) is 5. The molecule has 3 rings (SSSR count). The number of nitrogens with two attached hydrogens (primary N) is 1. The number of fused-ring (bicyclic) bond motifs is 1. The number of carbonyl (C=O) groups excluding carboxylic acids is 2. The second-order valence-corrected chi connectivity index (χ2v) is 5.26. The number of hydrogen-bond acceptors (Lipinski definition) is 5. The summed E-state index contributed by atoms with van der Waals surface area (Å²) in [5.74, 6) is -0.126. The van der Waals surface area contributed by atoms with Crippen molar-refractivity contribution in [1.29, 1.82) is 0 Å². The Morgan fingerprint density at radius 1 is 1.38 bits per heavy atom. The molecule has 21 heavy (non-hydrogen) atoms. The fraction of sp³-hybridized carbons (Fsp3) is 0.538. The van der Waals surface area contributed by atoms with Crippen molar-refractivity contribution in [3.05, 3.63) is 5.69 Å². The molecule has 1 unspecified atom stereocenters. The number of imidazole rings is 1. The maximum absolute atomic E-state index is 12.4. The zero-order valence-corrected chi connectivity index (χ0v) is 12.3. The molecule has 2 N–H and O–H groups in total. The molecule has 0 radical (unpaired) electrons. The molecule has 0 bridgehead atoms. The van der Waals surface area contributed by atoms with E-state index in [1.165, 1.54) is 11.9 Å². The van der Waals surface area contributed by atoms with Crippen molar-refractivity contribution in [3.8, 4) is 0 Å². The minimum atomic E-state index is -0.501. The van der Waals surface area contributed by atoms with Gasteiger partial charge in [0.1, 0.15) is 11.6 Å². The monoisotopic (exact) mass is 290 g/mol. The summed E-state index contributed by atoms with van der Waals surface area (Å²) in [7, 11) is 1.50. The van der Waals surface area contributed by atoms with Gasteiger partial charge in [-0.2, -0.15) is 5.10 Å². The molecule has 0 aromatic carbocycles. The highest BCUT2D eigenvalue weighted by molar-refractivity contribution is 6.00. The topological polar surface area (TPSA) is 99.0 Å². The number of rotatable bonds is 2. The van der Waals surface area contributed by atoms with Crippen LogP contribution in [-0.4, -0.2) is 43.1 Å². The van der Waals surface area contributed by atoms with Crippen LogP contribution in [0.25, 0.3) is 11.2 Å². The molecule has 112 valence electrons. The van der Waals surface area contributed by atoms with E-state index in [0.717, 1.165) is 11.3 Å². The standard InChI is InChI=1S/C13H18N6O2/c1-4-18-11-10(7(2)16-18)15-13(14)19(11)8-5-6-9(20)17(3)12(8)21/h8H,4-6H2,1-3H3,(H2,14,15). The average Bonchev–Trinajstić information content (AvgIpc) is 2.94. The first-order valence-electron chi connectivity index (χ1n) is 6.97. The third-order valence-electron chi connectivity index (χ3n) is 4.00. The summed E-state index contributed by atoms with van der Waals surface area (Å²) in [4.78, 5) is 29.5. The maximum atomic E-state index is 12.4. The molecule has 1 aliphatic heterocycles. The number of aromatic nitrogens is 4. The lowest BCUT2D eigenvalue weighted by Crippen LogP contribution is -2.43. The Bertz CT molecular complexity index is 743. The van der Waals surface area contributed by atoms with E-state index < -0.39 is 6.04 Å². The molecule has 0 spiro atoms. The van der Waals surface area contributed by atoms with E-state index in [0.29, 0.717) is 24.9 Å². The first-order chi connectivity index (χ1) is 9.95. The summed E-state index contributed by atoms with van der Waals surface area (Å²) < 4.78 is 3.50. The fourth-order valence-electron chi connectivity index (χ4n) is 2.87. The van der Waals surface area contributed by atoms with Gasteiger partial charge in [0, 0.05) is 20.0 Å². The van der Waals surface area contributed by atoms with Gasteiger partial charge in [0.15, 0.2) is 5.65 Å². The number of aryl methyl sites for hydroxylation is 2. The van der Waals surface area contributed by atoms with Crippen LogP contribution in [0.15, 0.2) is 0 Å². The van der Waals surface area contributed by atoms with Gasteiger partial charge in [0.05, 0.1) is 5.69 Å². The van der Waals surface area contributed by atoms with Crippen molar-refractivity contribution < 1.29 is 9.59 Å². The summed E-state index contributed by atoms with van der Waals surface area (Å²) in [6.45, 7) is 4.49. The second-order valence-electron chi connectivity index (χ2n) is 5.26. The van der Waals surface area contributed by atoms with Gasteiger partial charge in [-0.05, 0) is 20.3 Å². The lowest BCUT2D eigenvalue weighted by Gasteiger charge is -2.29. The van der Waals surface area contributed by atoms with Crippen LogP contribution in [0.4, 0.5) is 5.95 Å². The van der Waals surface area contributed by atoms with E-state index in [1.807, 2.05) is 13.8 Å². The Morgan fingerprint density at radius 2 is 2.10 bits per heavy atom. The Hall–Kier alpha value is -2.38. The molecule has 1 saturated heterocycles. The summed E-state index contributed by atoms with van der Waals surface area (Å²) in [6, 6.07) is -0.501. The maximum Gasteiger partial charge on any atom is 0.252 e. The summed E-state index contributed by atoms with van der Waals surface area (Å²) in [5.41, 5.74) is 8.25. The number of likely N-dealkylation sites (tertiary alicyclic amines) is 1. The number of imide groups is 1. The Kier molecular flexibility index (Phi) is 2.96. The third kappa shape index (κ3) is 1.82. The second kappa shape index (κ2) is 4.57. The minimum absolute atomic E-state index is 0.161. The highest BCUT2D eigenvalue weighted by Gasteiger charge is 2.36. The van der Waals surface area contributed by atoms with Gasteiger partial charge in [0.2, 0.25) is 11.9 Å². The molecule has 2 aromatic rings. The molecule has 8 heteroatoms. The van der Waals surface area contributed by atoms with Crippen LogP contribution in [0.3, 0.4) is 0 Å². The quantitative estimate of drug-likeness (QED) is 0.810. The van der Waals surface area contributed by atoms with Gasteiger partial charge in [-0.1, -0.05) is 0 Å². The van der Waals surface area contributed by atoms with Crippen molar-refractivity contribution in [1.82, 2.24) is 24.2 Å². The third-order valence-corrected chi connectivity index (χ3v) is 4.00. The summed E-state index contributed by atoms with van der Waals surface area (Å²) in [5, 5.41) is 4.41. The van der Waals surface area contributed by atoms with E-state index in [4.69, 9.17) is 5.73 Å². The van der Waals surface area contributed by atoms with Crippen LogP contribution in [-0.2, 0) is 16.1 Å². The van der Waals surface area contributed by atoms with Gasteiger partial charge in [0.25, 0.3) is 5.91 Å². The van der Waals surface area contributed by atoms with Crippen molar-refractivity contribution >= 4 is 28.9 Å². The van der Waals surface area contributed by atoms with Crippen LogP contribution in [0, 0.1) is 6.92 Å². The molecule has 3 heterocycles. The van der Waals surface area contributed by atoms with Crippen LogP contribution in [0.1, 0.15) is 31.5 Å². The average molecular weight is 290 g/mol. The van der Waals surface area contributed by atoms with Gasteiger partial charge in [-0.3, -0.25) is 19.1 Å². The number of nitrogen functional groups attached to an aromatic ring is 1. The summed E-state index contributed by atoms with van der Waals surface area (Å²) >= 11 is 0. The van der Waals surface area contributed by atoms with Crippen LogP contribution in [0.5, 0.6) is 0 Å².